The molecule has 1 saturated heterocycles. The van der Waals surface area contributed by atoms with Gasteiger partial charge in [0.1, 0.15) is 0 Å². The zero-order chi connectivity index (χ0) is 12.5. The zero-order valence-electron chi connectivity index (χ0n) is 9.27. The molecule has 1 aliphatic heterocycles. The third kappa shape index (κ3) is 3.04. The van der Waals surface area contributed by atoms with E-state index in [1.807, 2.05) is 24.3 Å². The summed E-state index contributed by atoms with van der Waals surface area (Å²) in [6, 6.07) is 7.68. The smallest absolute Gasteiger partial charge is 0.150 e. The Labute approximate surface area is 115 Å². The van der Waals surface area contributed by atoms with E-state index in [2.05, 4.69) is 15.9 Å². The first-order valence-electron chi connectivity index (χ1n) is 5.54. The highest BCUT2D eigenvalue weighted by atomic mass is 79.9. The van der Waals surface area contributed by atoms with E-state index >= 15 is 0 Å². The van der Waals surface area contributed by atoms with Crippen LogP contribution in [0.3, 0.4) is 0 Å². The molecule has 0 amide bonds. The van der Waals surface area contributed by atoms with Crippen LogP contribution in [0.1, 0.15) is 17.9 Å². The Morgan fingerprint density at radius 2 is 2.12 bits per heavy atom. The highest BCUT2D eigenvalue weighted by Gasteiger charge is 2.34. The average Bonchev–Trinajstić information content (AvgIpc) is 2.63. The molecule has 0 aromatic heterocycles. The summed E-state index contributed by atoms with van der Waals surface area (Å²) < 4.78 is 23.1. The van der Waals surface area contributed by atoms with Crippen LogP contribution in [0.15, 0.2) is 24.3 Å². The Morgan fingerprint density at radius 3 is 2.65 bits per heavy atom. The van der Waals surface area contributed by atoms with Crippen molar-refractivity contribution in [3.05, 3.63) is 34.9 Å². The van der Waals surface area contributed by atoms with Gasteiger partial charge in [-0.3, -0.25) is 0 Å². The standard InChI is InChI=1S/C12H14BrClO2S/c13-7-11(9-5-6-17(15,16)8-9)10-3-1-2-4-12(10)14/h1-4,9,11H,5-8H2. The lowest BCUT2D eigenvalue weighted by Crippen LogP contribution is -2.16. The second kappa shape index (κ2) is 5.29. The monoisotopic (exact) mass is 336 g/mol. The third-order valence-electron chi connectivity index (χ3n) is 3.31. The Morgan fingerprint density at radius 1 is 1.41 bits per heavy atom. The van der Waals surface area contributed by atoms with Crippen molar-refractivity contribution in [2.75, 3.05) is 16.8 Å². The largest absolute Gasteiger partial charge is 0.229 e. The number of halogens is 2. The summed E-state index contributed by atoms with van der Waals surface area (Å²) in [7, 11) is -2.84. The molecule has 0 N–H and O–H groups in total. The second-order valence-electron chi connectivity index (χ2n) is 4.45. The quantitative estimate of drug-likeness (QED) is 0.793. The molecule has 2 rings (SSSR count). The van der Waals surface area contributed by atoms with Gasteiger partial charge in [0.25, 0.3) is 0 Å². The van der Waals surface area contributed by atoms with Crippen LogP contribution < -0.4 is 0 Å². The number of alkyl halides is 1. The van der Waals surface area contributed by atoms with Gasteiger partial charge < -0.3 is 0 Å². The molecule has 1 fully saturated rings. The number of hydrogen-bond acceptors (Lipinski definition) is 2. The maximum Gasteiger partial charge on any atom is 0.150 e. The first kappa shape index (κ1) is 13.4. The molecule has 2 unspecified atom stereocenters. The lowest BCUT2D eigenvalue weighted by atomic mass is 9.87. The summed E-state index contributed by atoms with van der Waals surface area (Å²) in [5, 5.41) is 1.47. The molecule has 0 saturated carbocycles. The Kier molecular flexibility index (Phi) is 4.16. The molecule has 0 aliphatic carbocycles. The Balaban J connectivity index is 2.26. The van der Waals surface area contributed by atoms with E-state index in [0.29, 0.717) is 5.75 Å². The van der Waals surface area contributed by atoms with Crippen molar-refractivity contribution in [1.82, 2.24) is 0 Å². The van der Waals surface area contributed by atoms with Crippen LogP contribution in [-0.4, -0.2) is 25.3 Å². The van der Waals surface area contributed by atoms with Crippen molar-refractivity contribution in [2.45, 2.75) is 12.3 Å². The predicted molar refractivity (Wildman–Crippen MR) is 74.7 cm³/mol. The summed E-state index contributed by atoms with van der Waals surface area (Å²) in [5.74, 6) is 0.959. The molecule has 1 aromatic rings. The van der Waals surface area contributed by atoms with Crippen LogP contribution in [0.25, 0.3) is 0 Å². The van der Waals surface area contributed by atoms with Crippen LogP contribution in [0.4, 0.5) is 0 Å². The summed E-state index contributed by atoms with van der Waals surface area (Å²) >= 11 is 9.66. The van der Waals surface area contributed by atoms with Gasteiger partial charge in [0.15, 0.2) is 9.84 Å². The van der Waals surface area contributed by atoms with Crippen molar-refractivity contribution in [3.63, 3.8) is 0 Å². The van der Waals surface area contributed by atoms with E-state index in [9.17, 15) is 8.42 Å². The fraction of sp³-hybridized carbons (Fsp3) is 0.500. The van der Waals surface area contributed by atoms with E-state index in [1.165, 1.54) is 0 Å². The predicted octanol–water partition coefficient (Wildman–Crippen LogP) is 3.25. The molecule has 2 atom stereocenters. The van der Waals surface area contributed by atoms with Crippen molar-refractivity contribution in [3.8, 4) is 0 Å². The number of rotatable bonds is 3. The van der Waals surface area contributed by atoms with Crippen LogP contribution in [-0.2, 0) is 9.84 Å². The van der Waals surface area contributed by atoms with Gasteiger partial charge in [-0.05, 0) is 29.9 Å². The summed E-state index contributed by atoms with van der Waals surface area (Å²) in [6.07, 6.45) is 0.740. The zero-order valence-corrected chi connectivity index (χ0v) is 12.4. The fourth-order valence-corrected chi connectivity index (χ4v) is 5.41. The average molecular weight is 338 g/mol. The minimum atomic E-state index is -2.84. The van der Waals surface area contributed by atoms with Crippen LogP contribution in [0, 0.1) is 5.92 Å². The van der Waals surface area contributed by atoms with Crippen LogP contribution >= 0.6 is 27.5 Å². The van der Waals surface area contributed by atoms with Gasteiger partial charge >= 0.3 is 0 Å². The minimum Gasteiger partial charge on any atom is -0.229 e. The first-order valence-corrected chi connectivity index (χ1v) is 8.86. The molecule has 0 spiro atoms. The normalized spacial score (nSPS) is 24.7. The van der Waals surface area contributed by atoms with Gasteiger partial charge in [-0.15, -0.1) is 0 Å². The Bertz CT molecular complexity index is 501. The van der Waals surface area contributed by atoms with Gasteiger partial charge in [0.2, 0.25) is 0 Å². The molecule has 5 heteroatoms. The highest BCUT2D eigenvalue weighted by molar-refractivity contribution is 9.09. The van der Waals surface area contributed by atoms with E-state index in [-0.39, 0.29) is 17.6 Å². The lowest BCUT2D eigenvalue weighted by Gasteiger charge is -2.21. The lowest BCUT2D eigenvalue weighted by molar-refractivity contribution is 0.505. The molecule has 0 radical (unpaired) electrons. The molecular weight excluding hydrogens is 324 g/mol. The van der Waals surface area contributed by atoms with E-state index in [4.69, 9.17) is 11.6 Å². The van der Waals surface area contributed by atoms with Gasteiger partial charge in [0, 0.05) is 10.4 Å². The molecule has 1 aromatic carbocycles. The summed E-state index contributed by atoms with van der Waals surface area (Å²) in [6.45, 7) is 0. The summed E-state index contributed by atoms with van der Waals surface area (Å²) in [5.41, 5.74) is 1.05. The second-order valence-corrected chi connectivity index (χ2v) is 7.73. The van der Waals surface area contributed by atoms with E-state index in [1.54, 1.807) is 0 Å². The minimum absolute atomic E-state index is 0.180. The fourth-order valence-electron chi connectivity index (χ4n) is 2.38. The van der Waals surface area contributed by atoms with Crippen molar-refractivity contribution >= 4 is 37.4 Å². The molecule has 2 nitrogen and oxygen atoms in total. The molecule has 0 bridgehead atoms. The Hall–Kier alpha value is -0.0600. The number of sulfone groups is 1. The SMILES string of the molecule is O=S1(=O)CCC(C(CBr)c2ccccc2Cl)C1. The maximum absolute atomic E-state index is 11.5. The van der Waals surface area contributed by atoms with Crippen molar-refractivity contribution in [1.29, 1.82) is 0 Å². The summed E-state index contributed by atoms with van der Waals surface area (Å²) in [4.78, 5) is 0. The van der Waals surface area contributed by atoms with Crippen LogP contribution in [0.5, 0.6) is 0 Å². The van der Waals surface area contributed by atoms with Crippen molar-refractivity contribution in [2.24, 2.45) is 5.92 Å². The first-order chi connectivity index (χ1) is 8.03. The molecule has 1 heterocycles. The third-order valence-corrected chi connectivity index (χ3v) is 6.14. The molecule has 1 aliphatic rings. The number of benzene rings is 1. The van der Waals surface area contributed by atoms with Gasteiger partial charge in [-0.25, -0.2) is 8.42 Å². The number of hydrogen-bond donors (Lipinski definition) is 0. The topological polar surface area (TPSA) is 34.1 Å². The van der Waals surface area contributed by atoms with Gasteiger partial charge in [-0.1, -0.05) is 45.7 Å². The van der Waals surface area contributed by atoms with Gasteiger partial charge in [-0.2, -0.15) is 0 Å². The maximum atomic E-state index is 11.5. The molecule has 94 valence electrons. The van der Waals surface area contributed by atoms with E-state index in [0.717, 1.165) is 22.3 Å². The van der Waals surface area contributed by atoms with Crippen molar-refractivity contribution < 1.29 is 8.42 Å². The molecule has 17 heavy (non-hydrogen) atoms. The molecular formula is C12H14BrClO2S. The van der Waals surface area contributed by atoms with Gasteiger partial charge in [0.05, 0.1) is 11.5 Å². The van der Waals surface area contributed by atoms with E-state index < -0.39 is 9.84 Å². The highest BCUT2D eigenvalue weighted by Crippen LogP contribution is 2.37. The van der Waals surface area contributed by atoms with Crippen LogP contribution in [0.2, 0.25) is 5.02 Å².